The molecule has 0 radical (unpaired) electrons. The van der Waals surface area contributed by atoms with Crippen LogP contribution in [-0.4, -0.2) is 31.0 Å². The molecular weight excluding hydrogens is 493 g/mol. The van der Waals surface area contributed by atoms with Gasteiger partial charge in [0.2, 0.25) is 0 Å². The molecule has 5 nitrogen and oxygen atoms in total. The molecule has 5 rings (SSSR count). The molecule has 3 aromatic carbocycles. The number of amides is 1. The van der Waals surface area contributed by atoms with Crippen LogP contribution in [0, 0.1) is 20.8 Å². The Labute approximate surface area is 231 Å². The third kappa shape index (κ3) is 4.45. The Kier molecular flexibility index (Phi) is 6.91. The minimum absolute atomic E-state index is 0.0232. The van der Waals surface area contributed by atoms with Crippen LogP contribution >= 0.6 is 12.6 Å². The average Bonchev–Trinajstić information content (AvgIpc) is 3.30. The molecule has 1 heterocycles. The van der Waals surface area contributed by atoms with Gasteiger partial charge in [0.15, 0.2) is 0 Å². The van der Waals surface area contributed by atoms with Crippen LogP contribution in [-0.2, 0) is 20.6 Å². The minimum Gasteiger partial charge on any atom is -0.449 e. The molecule has 1 aliphatic carbocycles. The average molecular weight is 530 g/mol. The molecule has 1 aliphatic heterocycles. The smallest absolute Gasteiger partial charge is 0.449 e. The van der Waals surface area contributed by atoms with Crippen molar-refractivity contribution < 1.29 is 18.8 Å². The van der Waals surface area contributed by atoms with Gasteiger partial charge >= 0.3 is 13.2 Å². The Hall–Kier alpha value is -2.74. The van der Waals surface area contributed by atoms with E-state index >= 15 is 0 Å². The Morgan fingerprint density at radius 3 is 1.97 bits per heavy atom. The van der Waals surface area contributed by atoms with E-state index in [0.717, 1.165) is 32.6 Å². The normalized spacial score (nSPS) is 17.3. The summed E-state index contributed by atoms with van der Waals surface area (Å²) in [6.45, 7) is 14.9. The summed E-state index contributed by atoms with van der Waals surface area (Å²) in [7, 11) is -0.500. The largest absolute Gasteiger partial charge is 0.495 e. The SMILES string of the molecule is Cc1c(S)c(C)c(B2OC(C)(C)C(C)(C)O2)c(C)c1CNC(=O)OCC1c2ccccc2-c2ccccc21. The first kappa shape index (κ1) is 26.9. The van der Waals surface area contributed by atoms with Crippen molar-refractivity contribution in [3.8, 4) is 11.1 Å². The summed E-state index contributed by atoms with van der Waals surface area (Å²) in [6.07, 6.45) is -0.441. The second-order valence-corrected chi connectivity index (χ2v) is 11.8. The van der Waals surface area contributed by atoms with Crippen molar-refractivity contribution >= 4 is 31.3 Å². The molecule has 1 saturated heterocycles. The minimum atomic E-state index is -0.500. The van der Waals surface area contributed by atoms with Crippen LogP contribution in [0.4, 0.5) is 4.79 Å². The first-order valence-electron chi connectivity index (χ1n) is 13.2. The van der Waals surface area contributed by atoms with Crippen LogP contribution in [0.5, 0.6) is 0 Å². The number of thiol groups is 1. The highest BCUT2D eigenvalue weighted by atomic mass is 32.1. The van der Waals surface area contributed by atoms with Crippen molar-refractivity contribution in [2.75, 3.05) is 6.61 Å². The molecule has 0 unspecified atom stereocenters. The van der Waals surface area contributed by atoms with Crippen molar-refractivity contribution in [3.05, 3.63) is 81.9 Å². The van der Waals surface area contributed by atoms with Crippen LogP contribution in [0.15, 0.2) is 53.4 Å². The van der Waals surface area contributed by atoms with Crippen LogP contribution in [0.25, 0.3) is 11.1 Å². The van der Waals surface area contributed by atoms with Gasteiger partial charge in [-0.1, -0.05) is 48.5 Å². The first-order valence-corrected chi connectivity index (χ1v) is 13.6. The van der Waals surface area contributed by atoms with E-state index < -0.39 is 24.4 Å². The van der Waals surface area contributed by atoms with Gasteiger partial charge in [0.05, 0.1) is 11.2 Å². The molecule has 0 atom stereocenters. The highest BCUT2D eigenvalue weighted by Crippen LogP contribution is 2.44. The van der Waals surface area contributed by atoms with Gasteiger partial charge in [0.25, 0.3) is 0 Å². The lowest BCUT2D eigenvalue weighted by molar-refractivity contribution is 0.00578. The fourth-order valence-electron chi connectivity index (χ4n) is 5.67. The molecule has 1 amide bonds. The fraction of sp³-hybridized carbons (Fsp3) is 0.387. The van der Waals surface area contributed by atoms with Gasteiger partial charge in [-0.3, -0.25) is 0 Å². The number of fused-ring (bicyclic) bond motifs is 3. The van der Waals surface area contributed by atoms with Crippen LogP contribution in [0.1, 0.15) is 67.0 Å². The lowest BCUT2D eigenvalue weighted by atomic mass is 9.71. The van der Waals surface area contributed by atoms with E-state index in [1.54, 1.807) is 0 Å². The van der Waals surface area contributed by atoms with Crippen LogP contribution in [0.3, 0.4) is 0 Å². The summed E-state index contributed by atoms with van der Waals surface area (Å²) in [4.78, 5) is 13.8. The second kappa shape index (κ2) is 9.78. The Bertz CT molecular complexity index is 1360. The first-order chi connectivity index (χ1) is 17.9. The van der Waals surface area contributed by atoms with E-state index in [2.05, 4.69) is 36.5 Å². The van der Waals surface area contributed by atoms with Gasteiger partial charge in [-0.05, 0) is 98.4 Å². The molecule has 38 heavy (non-hydrogen) atoms. The van der Waals surface area contributed by atoms with Crippen molar-refractivity contribution in [2.45, 2.75) is 77.0 Å². The maximum atomic E-state index is 12.9. The van der Waals surface area contributed by atoms with E-state index in [4.69, 9.17) is 26.7 Å². The van der Waals surface area contributed by atoms with Crippen molar-refractivity contribution in [1.82, 2.24) is 5.32 Å². The molecule has 2 aliphatic rings. The van der Waals surface area contributed by atoms with Gasteiger partial charge in [-0.15, -0.1) is 12.6 Å². The maximum Gasteiger partial charge on any atom is 0.495 e. The number of carbonyl (C=O) groups excluding carboxylic acids is 1. The van der Waals surface area contributed by atoms with E-state index in [0.29, 0.717) is 6.54 Å². The third-order valence-corrected chi connectivity index (χ3v) is 9.34. The van der Waals surface area contributed by atoms with Gasteiger partial charge in [-0.25, -0.2) is 4.79 Å². The lowest BCUT2D eigenvalue weighted by Gasteiger charge is -2.32. The topological polar surface area (TPSA) is 56.8 Å². The number of carbonyl (C=O) groups is 1. The molecule has 198 valence electrons. The van der Waals surface area contributed by atoms with Crippen LogP contribution in [0.2, 0.25) is 0 Å². The molecule has 1 N–H and O–H groups in total. The number of benzene rings is 3. The summed E-state index contributed by atoms with van der Waals surface area (Å²) in [5, 5.41) is 2.97. The zero-order valence-electron chi connectivity index (χ0n) is 23.3. The Balaban J connectivity index is 1.32. The molecule has 1 fully saturated rings. The predicted octanol–water partition coefficient (Wildman–Crippen LogP) is 6.24. The van der Waals surface area contributed by atoms with Crippen LogP contribution < -0.4 is 10.8 Å². The number of hydrogen-bond donors (Lipinski definition) is 2. The number of nitrogens with one attached hydrogen (secondary N) is 1. The third-order valence-electron chi connectivity index (χ3n) is 8.67. The van der Waals surface area contributed by atoms with Gasteiger partial charge in [0.1, 0.15) is 6.61 Å². The van der Waals surface area contributed by atoms with E-state index in [-0.39, 0.29) is 12.5 Å². The second-order valence-electron chi connectivity index (χ2n) is 11.4. The van der Waals surface area contributed by atoms with Gasteiger partial charge in [-0.2, -0.15) is 0 Å². The van der Waals surface area contributed by atoms with E-state index in [1.165, 1.54) is 22.3 Å². The maximum absolute atomic E-state index is 12.9. The molecule has 0 bridgehead atoms. The zero-order valence-corrected chi connectivity index (χ0v) is 24.2. The number of alkyl carbamates (subject to hydrolysis) is 1. The lowest BCUT2D eigenvalue weighted by Crippen LogP contribution is -2.41. The van der Waals surface area contributed by atoms with Crippen molar-refractivity contribution in [2.24, 2.45) is 0 Å². The zero-order chi connectivity index (χ0) is 27.4. The van der Waals surface area contributed by atoms with Gasteiger partial charge < -0.3 is 19.4 Å². The number of rotatable bonds is 5. The van der Waals surface area contributed by atoms with Crippen molar-refractivity contribution in [1.29, 1.82) is 0 Å². The molecule has 0 saturated carbocycles. The molecule has 0 aromatic heterocycles. The highest BCUT2D eigenvalue weighted by molar-refractivity contribution is 7.80. The Morgan fingerprint density at radius 1 is 0.895 bits per heavy atom. The van der Waals surface area contributed by atoms with Gasteiger partial charge in [0, 0.05) is 17.4 Å². The summed E-state index contributed by atoms with van der Waals surface area (Å²) < 4.78 is 18.5. The summed E-state index contributed by atoms with van der Waals surface area (Å²) >= 11 is 4.82. The number of ether oxygens (including phenoxy) is 1. The molecule has 3 aromatic rings. The summed E-state index contributed by atoms with van der Waals surface area (Å²) in [5.41, 5.74) is 8.98. The standard InChI is InChI=1S/C31H36BNO4S/c1-18-25(19(2)28(38)20(3)27(18)32-36-30(4,5)31(6,7)37-32)16-33-29(34)35-17-26-23-14-10-8-12-21(23)22-13-9-11-15-24(22)26/h8-15,26,38H,16-17H2,1-7H3,(H,33,34). The Morgan fingerprint density at radius 2 is 1.42 bits per heavy atom. The number of hydrogen-bond acceptors (Lipinski definition) is 5. The highest BCUT2D eigenvalue weighted by Gasteiger charge is 2.52. The summed E-state index contributed by atoms with van der Waals surface area (Å²) in [6, 6.07) is 16.7. The monoisotopic (exact) mass is 529 g/mol. The molecule has 0 spiro atoms. The molecule has 7 heteroatoms. The molecular formula is C31H36BNO4S. The van der Waals surface area contributed by atoms with E-state index in [9.17, 15) is 4.79 Å². The quantitative estimate of drug-likeness (QED) is 0.304. The van der Waals surface area contributed by atoms with Crippen molar-refractivity contribution in [3.63, 3.8) is 0 Å². The van der Waals surface area contributed by atoms with E-state index in [1.807, 2.05) is 65.8 Å². The predicted molar refractivity (Wildman–Crippen MR) is 156 cm³/mol. The fourth-order valence-corrected chi connectivity index (χ4v) is 5.92. The summed E-state index contributed by atoms with van der Waals surface area (Å²) in [5.74, 6) is 0.0232.